The van der Waals surface area contributed by atoms with Crippen LogP contribution >= 0.6 is 23.2 Å². The summed E-state index contributed by atoms with van der Waals surface area (Å²) in [4.78, 5) is 38.2. The summed E-state index contributed by atoms with van der Waals surface area (Å²) >= 11 is 12.0. The van der Waals surface area contributed by atoms with E-state index >= 15 is 0 Å². The lowest BCUT2D eigenvalue weighted by Crippen LogP contribution is -2.48. The fourth-order valence-electron chi connectivity index (χ4n) is 4.00. The quantitative estimate of drug-likeness (QED) is 0.110. The number of halogens is 3. The van der Waals surface area contributed by atoms with Crippen LogP contribution in [-0.2, 0) is 16.0 Å². The third-order valence-corrected chi connectivity index (χ3v) is 6.84. The van der Waals surface area contributed by atoms with Crippen LogP contribution in [0.5, 0.6) is 11.5 Å². The Morgan fingerprint density at radius 3 is 2.39 bits per heavy atom. The van der Waals surface area contributed by atoms with Gasteiger partial charge in [0.25, 0.3) is 17.7 Å². The number of hydrogen-bond acceptors (Lipinski definition) is 6. The van der Waals surface area contributed by atoms with Gasteiger partial charge in [-0.05, 0) is 79.4 Å². The predicted molar refractivity (Wildman–Crippen MR) is 170 cm³/mol. The first kappa shape index (κ1) is 34.1. The molecule has 0 spiro atoms. The number of carbonyl (C=O) groups excluding carboxylic acids is 3. The molecule has 0 fully saturated rings. The average Bonchev–Trinajstić information content (AvgIpc) is 2.98. The zero-order chi connectivity index (χ0) is 32.2. The van der Waals surface area contributed by atoms with Gasteiger partial charge in [-0.15, -0.1) is 6.58 Å². The van der Waals surface area contributed by atoms with Crippen LogP contribution < -0.4 is 25.5 Å². The number of hydrazone groups is 1. The lowest BCUT2D eigenvalue weighted by atomic mass is 10.0. The number of anilines is 1. The molecule has 12 heteroatoms. The summed E-state index contributed by atoms with van der Waals surface area (Å²) in [6.45, 7) is 9.17. The molecule has 1 atom stereocenters. The zero-order valence-corrected chi connectivity index (χ0v) is 26.0. The molecule has 232 valence electrons. The number of nitrogens with one attached hydrogen (secondary N) is 3. The number of carbonyl (C=O) groups is 3. The lowest BCUT2D eigenvalue weighted by Gasteiger charge is -2.20. The number of allylic oxidation sites excluding steroid dienone is 1. The molecule has 1 unspecified atom stereocenters. The molecule has 3 N–H and O–H groups in total. The van der Waals surface area contributed by atoms with Gasteiger partial charge in [0, 0.05) is 16.8 Å². The molecule has 0 aromatic heterocycles. The van der Waals surface area contributed by atoms with Crippen molar-refractivity contribution in [2.45, 2.75) is 33.2 Å². The Morgan fingerprint density at radius 1 is 1.02 bits per heavy atom. The summed E-state index contributed by atoms with van der Waals surface area (Å²) in [6, 6.07) is 12.4. The molecule has 3 aromatic carbocycles. The van der Waals surface area contributed by atoms with Crippen molar-refractivity contribution in [1.82, 2.24) is 10.7 Å². The van der Waals surface area contributed by atoms with Crippen molar-refractivity contribution < 1.29 is 28.2 Å². The number of nitrogens with zero attached hydrogens (tertiary/aromatic N) is 1. The second kappa shape index (κ2) is 16.4. The van der Waals surface area contributed by atoms with Crippen LogP contribution in [-0.4, -0.2) is 43.2 Å². The maximum atomic E-state index is 13.2. The van der Waals surface area contributed by atoms with E-state index in [-0.39, 0.29) is 23.1 Å². The second-order valence-corrected chi connectivity index (χ2v) is 10.6. The number of hydrogen-bond donors (Lipinski definition) is 3. The highest BCUT2D eigenvalue weighted by Gasteiger charge is 2.25. The SMILES string of the molecule is C=CCc1cc(C=NNC(=O)C(NC(=O)c2ccc(Cl)c(Cl)c2)C(C)C)cc(OCC)c1OCC(=O)Nc1ccc(F)cc1. The van der Waals surface area contributed by atoms with Crippen LogP contribution in [0.25, 0.3) is 0 Å². The lowest BCUT2D eigenvalue weighted by molar-refractivity contribution is -0.124. The maximum Gasteiger partial charge on any atom is 0.262 e. The number of rotatable bonds is 14. The first-order chi connectivity index (χ1) is 21.0. The molecule has 0 saturated heterocycles. The van der Waals surface area contributed by atoms with Gasteiger partial charge in [-0.3, -0.25) is 14.4 Å². The van der Waals surface area contributed by atoms with Gasteiger partial charge in [-0.25, -0.2) is 9.82 Å². The minimum Gasteiger partial charge on any atom is -0.490 e. The van der Waals surface area contributed by atoms with Crippen molar-refractivity contribution in [3.63, 3.8) is 0 Å². The van der Waals surface area contributed by atoms with E-state index < -0.39 is 29.6 Å². The molecule has 9 nitrogen and oxygen atoms in total. The molecule has 0 aliphatic carbocycles. The molecule has 3 amide bonds. The van der Waals surface area contributed by atoms with E-state index in [1.807, 2.05) is 0 Å². The Kier molecular flexibility index (Phi) is 12.7. The molecular weight excluding hydrogens is 610 g/mol. The van der Waals surface area contributed by atoms with Gasteiger partial charge in [-0.1, -0.05) is 43.1 Å². The summed E-state index contributed by atoms with van der Waals surface area (Å²) < 4.78 is 24.8. The third kappa shape index (κ3) is 9.82. The highest BCUT2D eigenvalue weighted by molar-refractivity contribution is 6.42. The Balaban J connectivity index is 1.72. The number of amides is 3. The maximum absolute atomic E-state index is 13.2. The van der Waals surface area contributed by atoms with E-state index in [0.717, 1.165) is 0 Å². The molecule has 0 saturated carbocycles. The van der Waals surface area contributed by atoms with Gasteiger partial charge in [-0.2, -0.15) is 5.10 Å². The van der Waals surface area contributed by atoms with Gasteiger partial charge < -0.3 is 20.1 Å². The van der Waals surface area contributed by atoms with Crippen LogP contribution in [0.4, 0.5) is 10.1 Å². The Labute approximate surface area is 265 Å². The minimum atomic E-state index is -0.888. The van der Waals surface area contributed by atoms with Crippen molar-refractivity contribution in [2.75, 3.05) is 18.5 Å². The summed E-state index contributed by atoms with van der Waals surface area (Å²) in [5.41, 5.74) is 4.41. The van der Waals surface area contributed by atoms with E-state index in [2.05, 4.69) is 27.7 Å². The van der Waals surface area contributed by atoms with Gasteiger partial charge >= 0.3 is 0 Å². The van der Waals surface area contributed by atoms with Crippen molar-refractivity contribution in [3.05, 3.63) is 99.8 Å². The van der Waals surface area contributed by atoms with Crippen LogP contribution in [0.3, 0.4) is 0 Å². The van der Waals surface area contributed by atoms with E-state index in [4.69, 9.17) is 32.7 Å². The van der Waals surface area contributed by atoms with Crippen LogP contribution in [0.2, 0.25) is 10.0 Å². The van der Waals surface area contributed by atoms with Gasteiger partial charge in [0.2, 0.25) is 0 Å². The highest BCUT2D eigenvalue weighted by Crippen LogP contribution is 2.33. The largest absolute Gasteiger partial charge is 0.490 e. The fourth-order valence-corrected chi connectivity index (χ4v) is 4.29. The molecular formula is C32H33Cl2FN4O5. The molecule has 0 bridgehead atoms. The summed E-state index contributed by atoms with van der Waals surface area (Å²) in [6.07, 6.45) is 3.48. The predicted octanol–water partition coefficient (Wildman–Crippen LogP) is 6.18. The highest BCUT2D eigenvalue weighted by atomic mass is 35.5. The van der Waals surface area contributed by atoms with Crippen LogP contribution in [0.1, 0.15) is 42.3 Å². The van der Waals surface area contributed by atoms with Gasteiger partial charge in [0.05, 0.1) is 22.9 Å². The molecule has 0 aliphatic heterocycles. The minimum absolute atomic E-state index is 0.224. The van der Waals surface area contributed by atoms with E-state index in [1.54, 1.807) is 39.0 Å². The Bertz CT molecular complexity index is 1530. The summed E-state index contributed by atoms with van der Waals surface area (Å²) in [5, 5.41) is 9.97. The monoisotopic (exact) mass is 642 g/mol. The second-order valence-electron chi connectivity index (χ2n) is 9.84. The molecule has 0 aliphatic rings. The van der Waals surface area contributed by atoms with Gasteiger partial charge in [0.15, 0.2) is 18.1 Å². The van der Waals surface area contributed by atoms with Crippen molar-refractivity contribution in [3.8, 4) is 11.5 Å². The molecule has 0 radical (unpaired) electrons. The standard InChI is InChI=1S/C32H33Cl2FN4O5/c1-5-7-21-14-20(15-27(43-6-2)30(21)44-18-28(40)37-24-11-9-23(35)10-12-24)17-36-39-32(42)29(19(3)4)38-31(41)22-8-13-25(33)26(34)16-22/h5,8-17,19,29H,1,6-7,18H2,2-4H3,(H,37,40)(H,38,41)(H,39,42). The first-order valence-corrected chi connectivity index (χ1v) is 14.5. The normalized spacial score (nSPS) is 11.6. The van der Waals surface area contributed by atoms with E-state index in [0.29, 0.717) is 46.4 Å². The van der Waals surface area contributed by atoms with Crippen LogP contribution in [0.15, 0.2) is 72.4 Å². The zero-order valence-electron chi connectivity index (χ0n) is 24.5. The molecule has 3 rings (SSSR count). The Hall–Kier alpha value is -4.41. The topological polar surface area (TPSA) is 118 Å². The summed E-state index contributed by atoms with van der Waals surface area (Å²) in [7, 11) is 0. The average molecular weight is 644 g/mol. The fraction of sp³-hybridized carbons (Fsp3) is 0.250. The molecule has 0 heterocycles. The summed E-state index contributed by atoms with van der Waals surface area (Å²) in [5.74, 6) is -1.40. The van der Waals surface area contributed by atoms with Gasteiger partial charge in [0.1, 0.15) is 11.9 Å². The van der Waals surface area contributed by atoms with Crippen LogP contribution in [0, 0.1) is 11.7 Å². The molecule has 3 aromatic rings. The number of benzene rings is 3. The van der Waals surface area contributed by atoms with Crippen molar-refractivity contribution >= 4 is 52.8 Å². The van der Waals surface area contributed by atoms with Crippen molar-refractivity contribution in [1.29, 1.82) is 0 Å². The number of ether oxygens (including phenoxy) is 2. The Morgan fingerprint density at radius 2 is 1.75 bits per heavy atom. The van der Waals surface area contributed by atoms with Crippen molar-refractivity contribution in [2.24, 2.45) is 11.0 Å². The van der Waals surface area contributed by atoms with E-state index in [1.165, 1.54) is 48.7 Å². The molecule has 44 heavy (non-hydrogen) atoms. The third-order valence-electron chi connectivity index (χ3n) is 6.10. The first-order valence-electron chi connectivity index (χ1n) is 13.7. The van der Waals surface area contributed by atoms with E-state index in [9.17, 15) is 18.8 Å². The smallest absolute Gasteiger partial charge is 0.262 e.